The molecule has 0 saturated heterocycles. The summed E-state index contributed by atoms with van der Waals surface area (Å²) in [6.07, 6.45) is 0. The Balaban J connectivity index is 2.00. The number of nitrogens with one attached hydrogen (secondary N) is 2. The van der Waals surface area contributed by atoms with Crippen LogP contribution in [0.15, 0.2) is 12.1 Å². The zero-order chi connectivity index (χ0) is 12.3. The lowest BCUT2D eigenvalue weighted by molar-refractivity contribution is 0.452. The molecule has 0 aliphatic heterocycles. The molecule has 1 unspecified atom stereocenters. The van der Waals surface area contributed by atoms with Crippen molar-refractivity contribution in [2.45, 2.75) is 26.4 Å². The first-order valence-corrected chi connectivity index (χ1v) is 5.29. The highest BCUT2D eigenvalue weighted by Gasteiger charge is 2.11. The number of H-pyrrole nitrogens is 1. The highest BCUT2D eigenvalue weighted by atomic mass is 16.3. The molecule has 2 aromatic rings. The Kier molecular flexibility index (Phi) is 3.29. The van der Waals surface area contributed by atoms with Crippen molar-refractivity contribution in [3.05, 3.63) is 29.3 Å². The second-order valence-electron chi connectivity index (χ2n) is 3.79. The molecule has 0 saturated carbocycles. The van der Waals surface area contributed by atoms with Crippen molar-refractivity contribution in [2.75, 3.05) is 0 Å². The predicted octanol–water partition coefficient (Wildman–Crippen LogP) is 0.460. The van der Waals surface area contributed by atoms with Gasteiger partial charge in [0.25, 0.3) is 0 Å². The van der Waals surface area contributed by atoms with Crippen LogP contribution in [-0.2, 0) is 6.54 Å². The van der Waals surface area contributed by atoms with E-state index in [1.165, 1.54) is 0 Å². The number of hydrogen-bond donors (Lipinski definition) is 3. The highest BCUT2D eigenvalue weighted by Crippen LogP contribution is 2.15. The molecule has 0 spiro atoms. The maximum atomic E-state index is 9.63. The van der Waals surface area contributed by atoms with Gasteiger partial charge in [-0.1, -0.05) is 5.21 Å². The van der Waals surface area contributed by atoms with Gasteiger partial charge >= 0.3 is 0 Å². The van der Waals surface area contributed by atoms with Crippen molar-refractivity contribution in [3.63, 3.8) is 0 Å². The molecule has 2 rings (SSSR count). The number of pyridine rings is 1. The number of tetrazole rings is 1. The van der Waals surface area contributed by atoms with Gasteiger partial charge in [0.2, 0.25) is 0 Å². The van der Waals surface area contributed by atoms with Gasteiger partial charge in [-0.2, -0.15) is 5.21 Å². The van der Waals surface area contributed by atoms with Crippen LogP contribution in [0.2, 0.25) is 0 Å². The normalized spacial score (nSPS) is 12.6. The van der Waals surface area contributed by atoms with E-state index in [0.29, 0.717) is 18.1 Å². The molecule has 0 aliphatic carbocycles. The first-order chi connectivity index (χ1) is 8.16. The van der Waals surface area contributed by atoms with Crippen LogP contribution in [0.25, 0.3) is 0 Å². The molecular formula is C10H14N6O. The average molecular weight is 234 g/mol. The Labute approximate surface area is 98.3 Å². The molecule has 17 heavy (non-hydrogen) atoms. The molecule has 3 N–H and O–H groups in total. The van der Waals surface area contributed by atoms with E-state index in [1.807, 2.05) is 13.8 Å². The number of hydrogen-bond acceptors (Lipinski definition) is 6. The maximum Gasteiger partial charge on any atom is 0.191 e. The van der Waals surface area contributed by atoms with Crippen molar-refractivity contribution in [1.29, 1.82) is 0 Å². The summed E-state index contributed by atoms with van der Waals surface area (Å²) >= 11 is 0. The third-order valence-electron chi connectivity index (χ3n) is 2.41. The molecule has 0 bridgehead atoms. The minimum absolute atomic E-state index is 0.0598. The summed E-state index contributed by atoms with van der Waals surface area (Å²) in [7, 11) is 0. The fourth-order valence-electron chi connectivity index (χ4n) is 1.43. The lowest BCUT2D eigenvalue weighted by Crippen LogP contribution is -2.20. The molecular weight excluding hydrogens is 220 g/mol. The second kappa shape index (κ2) is 4.88. The van der Waals surface area contributed by atoms with Gasteiger partial charge in [0, 0.05) is 12.2 Å². The van der Waals surface area contributed by atoms with Crippen LogP contribution >= 0.6 is 0 Å². The van der Waals surface area contributed by atoms with E-state index in [-0.39, 0.29) is 11.8 Å². The number of aromatic nitrogens is 5. The van der Waals surface area contributed by atoms with E-state index in [4.69, 9.17) is 0 Å². The van der Waals surface area contributed by atoms with Gasteiger partial charge in [0.15, 0.2) is 5.82 Å². The van der Waals surface area contributed by atoms with E-state index < -0.39 is 0 Å². The number of nitrogens with zero attached hydrogens (tertiary/aromatic N) is 4. The Morgan fingerprint density at radius 1 is 1.47 bits per heavy atom. The summed E-state index contributed by atoms with van der Waals surface area (Å²) in [5.41, 5.74) is 1.48. The lowest BCUT2D eigenvalue weighted by Gasteiger charge is -2.10. The number of aryl methyl sites for hydroxylation is 1. The average Bonchev–Trinajstić information content (AvgIpc) is 2.83. The lowest BCUT2D eigenvalue weighted by atomic mass is 10.2. The predicted molar refractivity (Wildman–Crippen MR) is 60.1 cm³/mol. The molecule has 7 nitrogen and oxygen atoms in total. The summed E-state index contributed by atoms with van der Waals surface area (Å²) in [6, 6.07) is 3.34. The number of aromatic amines is 1. The van der Waals surface area contributed by atoms with Gasteiger partial charge in [0.1, 0.15) is 5.75 Å². The second-order valence-corrected chi connectivity index (χ2v) is 3.79. The van der Waals surface area contributed by atoms with E-state index in [0.717, 1.165) is 5.69 Å². The van der Waals surface area contributed by atoms with Crippen molar-refractivity contribution in [3.8, 4) is 5.75 Å². The van der Waals surface area contributed by atoms with Crippen LogP contribution in [0.5, 0.6) is 5.75 Å². The van der Waals surface area contributed by atoms with Crippen molar-refractivity contribution < 1.29 is 5.11 Å². The molecule has 0 aliphatic rings. The summed E-state index contributed by atoms with van der Waals surface area (Å²) in [5, 5.41) is 26.4. The van der Waals surface area contributed by atoms with Crippen molar-refractivity contribution in [1.82, 2.24) is 30.9 Å². The summed E-state index contributed by atoms with van der Waals surface area (Å²) in [4.78, 5) is 4.25. The van der Waals surface area contributed by atoms with Gasteiger partial charge < -0.3 is 10.4 Å². The quantitative estimate of drug-likeness (QED) is 0.710. The topological polar surface area (TPSA) is 99.6 Å². The third kappa shape index (κ3) is 2.76. The smallest absolute Gasteiger partial charge is 0.191 e. The van der Waals surface area contributed by atoms with Gasteiger partial charge in [-0.3, -0.25) is 4.98 Å². The first-order valence-electron chi connectivity index (χ1n) is 5.29. The molecule has 0 aromatic carbocycles. The number of rotatable bonds is 4. The highest BCUT2D eigenvalue weighted by molar-refractivity contribution is 5.27. The summed E-state index contributed by atoms with van der Waals surface area (Å²) < 4.78 is 0. The molecule has 0 amide bonds. The molecule has 2 heterocycles. The summed E-state index contributed by atoms with van der Waals surface area (Å²) in [5.74, 6) is 0.764. The largest absolute Gasteiger partial charge is 0.506 e. The van der Waals surface area contributed by atoms with Gasteiger partial charge in [-0.25, -0.2) is 0 Å². The van der Waals surface area contributed by atoms with E-state index >= 15 is 0 Å². The monoisotopic (exact) mass is 234 g/mol. The Hall–Kier alpha value is -2.02. The molecule has 90 valence electrons. The fourth-order valence-corrected chi connectivity index (χ4v) is 1.43. The zero-order valence-electron chi connectivity index (χ0n) is 9.68. The fraction of sp³-hybridized carbons (Fsp3) is 0.400. The van der Waals surface area contributed by atoms with Crippen molar-refractivity contribution in [2.24, 2.45) is 0 Å². The standard InChI is InChI=1S/C10H14N6O/c1-6-3-4-9(17)8(12-6)5-11-7(2)10-13-15-16-14-10/h3-4,7,11,17H,5H2,1-2H3,(H,13,14,15,16). The van der Waals surface area contributed by atoms with E-state index in [2.05, 4.69) is 30.9 Å². The van der Waals surface area contributed by atoms with Crippen LogP contribution in [0.1, 0.15) is 30.2 Å². The third-order valence-corrected chi connectivity index (χ3v) is 2.41. The van der Waals surface area contributed by atoms with Gasteiger partial charge in [0.05, 0.1) is 11.7 Å². The van der Waals surface area contributed by atoms with Crippen LogP contribution in [0.4, 0.5) is 0 Å². The Bertz CT molecular complexity index is 484. The molecule has 0 fully saturated rings. The van der Waals surface area contributed by atoms with Gasteiger partial charge in [-0.15, -0.1) is 10.2 Å². The SMILES string of the molecule is Cc1ccc(O)c(CNC(C)c2nn[nH]n2)n1. The Morgan fingerprint density at radius 3 is 3.00 bits per heavy atom. The molecule has 7 heteroatoms. The molecule has 2 aromatic heterocycles. The van der Waals surface area contributed by atoms with E-state index in [1.54, 1.807) is 12.1 Å². The van der Waals surface area contributed by atoms with Crippen LogP contribution in [-0.4, -0.2) is 30.7 Å². The first kappa shape index (κ1) is 11.5. The minimum Gasteiger partial charge on any atom is -0.506 e. The number of aromatic hydroxyl groups is 1. The Morgan fingerprint density at radius 2 is 2.29 bits per heavy atom. The van der Waals surface area contributed by atoms with E-state index in [9.17, 15) is 5.11 Å². The van der Waals surface area contributed by atoms with Crippen LogP contribution in [0.3, 0.4) is 0 Å². The molecule has 1 atom stereocenters. The van der Waals surface area contributed by atoms with Crippen LogP contribution in [0, 0.1) is 6.92 Å². The van der Waals surface area contributed by atoms with Crippen molar-refractivity contribution >= 4 is 0 Å². The summed E-state index contributed by atoms with van der Waals surface area (Å²) in [6.45, 7) is 4.24. The zero-order valence-corrected chi connectivity index (χ0v) is 9.68. The van der Waals surface area contributed by atoms with Crippen LogP contribution < -0.4 is 5.32 Å². The van der Waals surface area contributed by atoms with Gasteiger partial charge in [-0.05, 0) is 26.0 Å². The molecule has 0 radical (unpaired) electrons. The minimum atomic E-state index is -0.0598. The maximum absolute atomic E-state index is 9.63.